The number of likely N-dealkylation sites (N-methyl/N-ethyl adjacent to an activating group) is 1. The second-order valence-corrected chi connectivity index (χ2v) is 3.24. The van der Waals surface area contributed by atoms with Crippen LogP contribution in [0.3, 0.4) is 0 Å². The first kappa shape index (κ1) is 11.4. The predicted molar refractivity (Wildman–Crippen MR) is 58.0 cm³/mol. The summed E-state index contributed by atoms with van der Waals surface area (Å²) in [6.07, 6.45) is 0. The summed E-state index contributed by atoms with van der Waals surface area (Å²) in [6.45, 7) is 2.82. The Balaban J connectivity index is 2.96. The fourth-order valence-electron chi connectivity index (χ4n) is 1.25. The standard InChI is InChI=1S/C9H14N4O2/c1-7-8(13(14)15)3-4-9(11-7)12(2)6-5-10/h3-4H,5-6,10H2,1-2H3. The largest absolute Gasteiger partial charge is 0.358 e. The van der Waals surface area contributed by atoms with Gasteiger partial charge in [-0.1, -0.05) is 0 Å². The lowest BCUT2D eigenvalue weighted by atomic mass is 10.3. The maximum Gasteiger partial charge on any atom is 0.290 e. The van der Waals surface area contributed by atoms with E-state index in [1.54, 1.807) is 13.0 Å². The fraction of sp³-hybridized carbons (Fsp3) is 0.444. The Morgan fingerprint density at radius 2 is 2.27 bits per heavy atom. The monoisotopic (exact) mass is 210 g/mol. The highest BCUT2D eigenvalue weighted by Gasteiger charge is 2.12. The van der Waals surface area contributed by atoms with Crippen LogP contribution in [0.5, 0.6) is 0 Å². The first-order valence-corrected chi connectivity index (χ1v) is 4.59. The van der Waals surface area contributed by atoms with Crippen LogP contribution in [0, 0.1) is 17.0 Å². The lowest BCUT2D eigenvalue weighted by Crippen LogP contribution is -2.25. The molecule has 0 saturated carbocycles. The molecular formula is C9H14N4O2. The SMILES string of the molecule is Cc1nc(N(C)CCN)ccc1[N+](=O)[O-]. The fourth-order valence-corrected chi connectivity index (χ4v) is 1.25. The van der Waals surface area contributed by atoms with Gasteiger partial charge in [0, 0.05) is 26.2 Å². The van der Waals surface area contributed by atoms with Crippen LogP contribution in [0.4, 0.5) is 11.5 Å². The van der Waals surface area contributed by atoms with E-state index in [-0.39, 0.29) is 5.69 Å². The molecule has 0 unspecified atom stereocenters. The molecule has 2 N–H and O–H groups in total. The molecule has 1 heterocycles. The van der Waals surface area contributed by atoms with Crippen LogP contribution in [0.1, 0.15) is 5.69 Å². The van der Waals surface area contributed by atoms with Gasteiger partial charge in [0.15, 0.2) is 0 Å². The molecule has 0 aliphatic heterocycles. The molecule has 0 saturated heterocycles. The van der Waals surface area contributed by atoms with Crippen molar-refractivity contribution in [3.05, 3.63) is 27.9 Å². The van der Waals surface area contributed by atoms with E-state index in [4.69, 9.17) is 5.73 Å². The van der Waals surface area contributed by atoms with E-state index in [2.05, 4.69) is 4.98 Å². The number of aryl methyl sites for hydroxylation is 1. The lowest BCUT2D eigenvalue weighted by Gasteiger charge is -2.16. The van der Waals surface area contributed by atoms with Crippen LogP contribution in [-0.4, -0.2) is 30.0 Å². The van der Waals surface area contributed by atoms with Crippen LogP contribution in [0.2, 0.25) is 0 Å². The minimum absolute atomic E-state index is 0.0416. The van der Waals surface area contributed by atoms with Gasteiger partial charge < -0.3 is 10.6 Å². The molecule has 0 aromatic carbocycles. The first-order valence-electron chi connectivity index (χ1n) is 4.59. The van der Waals surface area contributed by atoms with Gasteiger partial charge in [-0.3, -0.25) is 10.1 Å². The van der Waals surface area contributed by atoms with Crippen LogP contribution in [0.25, 0.3) is 0 Å². The number of nitro groups is 1. The zero-order valence-corrected chi connectivity index (χ0v) is 8.80. The highest BCUT2D eigenvalue weighted by Crippen LogP contribution is 2.19. The summed E-state index contributed by atoms with van der Waals surface area (Å²) in [4.78, 5) is 16.1. The van der Waals surface area contributed by atoms with Gasteiger partial charge >= 0.3 is 0 Å². The molecule has 0 atom stereocenters. The molecule has 15 heavy (non-hydrogen) atoms. The smallest absolute Gasteiger partial charge is 0.290 e. The van der Waals surface area contributed by atoms with Crippen molar-refractivity contribution in [3.8, 4) is 0 Å². The van der Waals surface area contributed by atoms with Crippen molar-refractivity contribution in [2.24, 2.45) is 5.73 Å². The number of nitrogens with zero attached hydrogens (tertiary/aromatic N) is 3. The van der Waals surface area contributed by atoms with Crippen LogP contribution in [0.15, 0.2) is 12.1 Å². The Kier molecular flexibility index (Phi) is 3.56. The molecule has 0 bridgehead atoms. The minimum Gasteiger partial charge on any atom is -0.358 e. The van der Waals surface area contributed by atoms with Gasteiger partial charge in [0.1, 0.15) is 11.5 Å². The van der Waals surface area contributed by atoms with Gasteiger partial charge in [0.05, 0.1) is 4.92 Å². The van der Waals surface area contributed by atoms with E-state index < -0.39 is 4.92 Å². The van der Waals surface area contributed by atoms with Crippen LogP contribution < -0.4 is 10.6 Å². The van der Waals surface area contributed by atoms with Gasteiger partial charge in [-0.25, -0.2) is 4.98 Å². The van der Waals surface area contributed by atoms with Gasteiger partial charge in [0.25, 0.3) is 5.69 Å². The molecular weight excluding hydrogens is 196 g/mol. The van der Waals surface area contributed by atoms with Crippen molar-refractivity contribution in [2.75, 3.05) is 25.0 Å². The van der Waals surface area contributed by atoms with E-state index in [1.807, 2.05) is 11.9 Å². The number of anilines is 1. The summed E-state index contributed by atoms with van der Waals surface area (Å²) < 4.78 is 0. The summed E-state index contributed by atoms with van der Waals surface area (Å²) in [5, 5.41) is 10.6. The normalized spacial score (nSPS) is 10.1. The highest BCUT2D eigenvalue weighted by molar-refractivity contribution is 5.46. The maximum absolute atomic E-state index is 10.6. The topological polar surface area (TPSA) is 85.3 Å². The summed E-state index contributed by atoms with van der Waals surface area (Å²) in [7, 11) is 1.85. The number of aromatic nitrogens is 1. The molecule has 1 aromatic heterocycles. The molecule has 6 nitrogen and oxygen atoms in total. The molecule has 0 aliphatic carbocycles. The molecule has 6 heteroatoms. The van der Waals surface area contributed by atoms with E-state index in [1.165, 1.54) is 6.07 Å². The third-order valence-corrected chi connectivity index (χ3v) is 2.10. The molecule has 0 fully saturated rings. The Morgan fingerprint density at radius 3 is 2.73 bits per heavy atom. The molecule has 1 rings (SSSR count). The van der Waals surface area contributed by atoms with Crippen molar-refractivity contribution in [1.29, 1.82) is 0 Å². The molecule has 0 spiro atoms. The Bertz CT molecular complexity index is 367. The highest BCUT2D eigenvalue weighted by atomic mass is 16.6. The Labute approximate surface area is 87.9 Å². The van der Waals surface area contributed by atoms with Crippen LogP contribution >= 0.6 is 0 Å². The van der Waals surface area contributed by atoms with E-state index in [9.17, 15) is 10.1 Å². The van der Waals surface area contributed by atoms with Crippen molar-refractivity contribution >= 4 is 11.5 Å². The first-order chi connectivity index (χ1) is 7.06. The average Bonchev–Trinajstić information content (AvgIpc) is 2.17. The molecule has 82 valence electrons. The number of hydrogen-bond donors (Lipinski definition) is 1. The number of hydrogen-bond acceptors (Lipinski definition) is 5. The summed E-state index contributed by atoms with van der Waals surface area (Å²) in [5.74, 6) is 0.698. The van der Waals surface area contributed by atoms with Gasteiger partial charge in [-0.2, -0.15) is 0 Å². The van der Waals surface area contributed by atoms with E-state index in [0.29, 0.717) is 24.6 Å². The molecule has 1 aromatic rings. The van der Waals surface area contributed by atoms with Crippen molar-refractivity contribution in [3.63, 3.8) is 0 Å². The summed E-state index contributed by atoms with van der Waals surface area (Å²) >= 11 is 0. The Hall–Kier alpha value is -1.69. The van der Waals surface area contributed by atoms with E-state index in [0.717, 1.165) is 0 Å². The van der Waals surface area contributed by atoms with Crippen molar-refractivity contribution in [1.82, 2.24) is 4.98 Å². The van der Waals surface area contributed by atoms with Crippen LogP contribution in [-0.2, 0) is 0 Å². The Morgan fingerprint density at radius 1 is 1.60 bits per heavy atom. The summed E-state index contributed by atoms with van der Waals surface area (Å²) in [5.41, 5.74) is 5.86. The van der Waals surface area contributed by atoms with Crippen molar-refractivity contribution < 1.29 is 4.92 Å². The maximum atomic E-state index is 10.6. The minimum atomic E-state index is -0.435. The quantitative estimate of drug-likeness (QED) is 0.583. The van der Waals surface area contributed by atoms with Crippen molar-refractivity contribution in [2.45, 2.75) is 6.92 Å². The third kappa shape index (κ3) is 2.63. The zero-order chi connectivity index (χ0) is 11.4. The predicted octanol–water partition coefficient (Wildman–Crippen LogP) is 0.693. The number of pyridine rings is 1. The number of nitrogens with two attached hydrogens (primary N) is 1. The average molecular weight is 210 g/mol. The second kappa shape index (κ2) is 4.70. The lowest BCUT2D eigenvalue weighted by molar-refractivity contribution is -0.385. The number of rotatable bonds is 4. The summed E-state index contributed by atoms with van der Waals surface area (Å²) in [6, 6.07) is 3.09. The molecule has 0 radical (unpaired) electrons. The third-order valence-electron chi connectivity index (χ3n) is 2.10. The van der Waals surface area contributed by atoms with E-state index >= 15 is 0 Å². The molecule has 0 aliphatic rings. The van der Waals surface area contributed by atoms with Gasteiger partial charge in [0.2, 0.25) is 0 Å². The zero-order valence-electron chi connectivity index (χ0n) is 8.80. The van der Waals surface area contributed by atoms with Gasteiger partial charge in [-0.05, 0) is 13.0 Å². The van der Waals surface area contributed by atoms with Gasteiger partial charge in [-0.15, -0.1) is 0 Å². The molecule has 0 amide bonds. The second-order valence-electron chi connectivity index (χ2n) is 3.24.